The highest BCUT2D eigenvalue weighted by Crippen LogP contribution is 2.29. The minimum Gasteiger partial charge on any atom is -0.396 e. The third-order valence-corrected chi connectivity index (χ3v) is 4.77. The molecule has 1 saturated heterocycles. The molecule has 108 valence electrons. The summed E-state index contributed by atoms with van der Waals surface area (Å²) in [6, 6.07) is 0. The van der Waals surface area contributed by atoms with Gasteiger partial charge in [-0.2, -0.15) is 0 Å². The van der Waals surface area contributed by atoms with Crippen LogP contribution in [-0.2, 0) is 0 Å². The van der Waals surface area contributed by atoms with Crippen molar-refractivity contribution in [1.29, 1.82) is 0 Å². The molecule has 0 aromatic rings. The molecule has 0 aromatic heterocycles. The van der Waals surface area contributed by atoms with Gasteiger partial charge in [0, 0.05) is 19.7 Å². The molecule has 0 unspecified atom stereocenters. The van der Waals surface area contributed by atoms with E-state index < -0.39 is 0 Å². The second kappa shape index (κ2) is 8.13. The number of hydrogen-bond donors (Lipinski definition) is 2. The van der Waals surface area contributed by atoms with Crippen molar-refractivity contribution >= 4 is 0 Å². The van der Waals surface area contributed by atoms with E-state index >= 15 is 0 Å². The number of nitrogens with zero attached hydrogens (tertiary/aromatic N) is 1. The van der Waals surface area contributed by atoms with E-state index in [-0.39, 0.29) is 0 Å². The smallest absolute Gasteiger partial charge is 0.0460 e. The lowest BCUT2D eigenvalue weighted by Gasteiger charge is -2.40. The van der Waals surface area contributed by atoms with E-state index in [1.54, 1.807) is 0 Å². The van der Waals surface area contributed by atoms with Crippen molar-refractivity contribution in [2.24, 2.45) is 11.3 Å². The van der Waals surface area contributed by atoms with E-state index in [0.717, 1.165) is 13.1 Å². The Kier molecular flexibility index (Phi) is 7.20. The Balaban J connectivity index is 2.45. The molecule has 2 N–H and O–H groups in total. The summed E-state index contributed by atoms with van der Waals surface area (Å²) in [4.78, 5) is 2.61. The Bertz CT molecular complexity index is 209. The molecule has 1 heterocycles. The minimum atomic E-state index is 0.373. The standard InChI is InChI=1S/C15H32N2O/c1-4-15(5-2,12-16-6-3)13-17-9-7-14(11-18)8-10-17/h14,16,18H,4-13H2,1-3H3. The zero-order valence-corrected chi connectivity index (χ0v) is 12.5. The van der Waals surface area contributed by atoms with Crippen LogP contribution in [0.2, 0.25) is 0 Å². The van der Waals surface area contributed by atoms with Crippen LogP contribution in [0.25, 0.3) is 0 Å². The van der Waals surface area contributed by atoms with E-state index in [1.165, 1.54) is 45.3 Å². The van der Waals surface area contributed by atoms with Crippen molar-refractivity contribution < 1.29 is 5.11 Å². The van der Waals surface area contributed by atoms with Crippen LogP contribution in [0.1, 0.15) is 46.5 Å². The molecule has 1 fully saturated rings. The maximum absolute atomic E-state index is 9.19. The van der Waals surface area contributed by atoms with E-state index in [1.807, 2.05) is 0 Å². The molecule has 0 aliphatic carbocycles. The zero-order chi connectivity index (χ0) is 13.4. The molecule has 3 nitrogen and oxygen atoms in total. The fourth-order valence-corrected chi connectivity index (χ4v) is 2.97. The van der Waals surface area contributed by atoms with Gasteiger partial charge in [0.05, 0.1) is 0 Å². The minimum absolute atomic E-state index is 0.373. The van der Waals surface area contributed by atoms with E-state index in [4.69, 9.17) is 0 Å². The number of nitrogens with one attached hydrogen (secondary N) is 1. The second-order valence-corrected chi connectivity index (χ2v) is 5.89. The third kappa shape index (κ3) is 4.52. The summed E-state index contributed by atoms with van der Waals surface area (Å²) in [6.07, 6.45) is 4.83. The maximum atomic E-state index is 9.19. The average Bonchev–Trinajstić information content (AvgIpc) is 2.44. The van der Waals surface area contributed by atoms with Gasteiger partial charge in [0.2, 0.25) is 0 Å². The average molecular weight is 256 g/mol. The maximum Gasteiger partial charge on any atom is 0.0460 e. The number of rotatable bonds is 8. The first-order chi connectivity index (χ1) is 8.69. The number of likely N-dealkylation sites (tertiary alicyclic amines) is 1. The van der Waals surface area contributed by atoms with Crippen LogP contribution in [0, 0.1) is 11.3 Å². The lowest BCUT2D eigenvalue weighted by atomic mass is 9.81. The summed E-state index contributed by atoms with van der Waals surface area (Å²) in [5.74, 6) is 0.549. The van der Waals surface area contributed by atoms with Crippen LogP contribution in [0.5, 0.6) is 0 Å². The van der Waals surface area contributed by atoms with Gasteiger partial charge in [0.15, 0.2) is 0 Å². The molecule has 0 saturated carbocycles. The molecule has 18 heavy (non-hydrogen) atoms. The van der Waals surface area contributed by atoms with Crippen LogP contribution in [-0.4, -0.2) is 49.3 Å². The van der Waals surface area contributed by atoms with Crippen molar-refractivity contribution in [3.05, 3.63) is 0 Å². The summed E-state index contributed by atoms with van der Waals surface area (Å²) in [7, 11) is 0. The van der Waals surface area contributed by atoms with Gasteiger partial charge >= 0.3 is 0 Å². The molecule has 0 aromatic carbocycles. The van der Waals surface area contributed by atoms with Crippen molar-refractivity contribution in [1.82, 2.24) is 10.2 Å². The second-order valence-electron chi connectivity index (χ2n) is 5.89. The lowest BCUT2D eigenvalue weighted by molar-refractivity contribution is 0.0827. The first-order valence-corrected chi connectivity index (χ1v) is 7.73. The Morgan fingerprint density at radius 3 is 2.22 bits per heavy atom. The Morgan fingerprint density at radius 1 is 1.17 bits per heavy atom. The molecule has 3 heteroatoms. The quantitative estimate of drug-likeness (QED) is 0.698. The highest BCUT2D eigenvalue weighted by atomic mass is 16.3. The van der Waals surface area contributed by atoms with Gasteiger partial charge in [-0.15, -0.1) is 0 Å². The van der Waals surface area contributed by atoms with Crippen molar-refractivity contribution in [3.63, 3.8) is 0 Å². The Labute approximate surface area is 113 Å². The predicted molar refractivity (Wildman–Crippen MR) is 77.8 cm³/mol. The lowest BCUT2D eigenvalue weighted by Crippen LogP contribution is -2.46. The fraction of sp³-hybridized carbons (Fsp3) is 1.00. The fourth-order valence-electron chi connectivity index (χ4n) is 2.97. The molecule has 1 aliphatic rings. The van der Waals surface area contributed by atoms with Crippen LogP contribution in [0.4, 0.5) is 0 Å². The Morgan fingerprint density at radius 2 is 1.78 bits per heavy atom. The molecule has 0 radical (unpaired) electrons. The SMILES string of the molecule is CCNCC(CC)(CC)CN1CCC(CO)CC1. The van der Waals surface area contributed by atoms with Gasteiger partial charge in [-0.1, -0.05) is 20.8 Å². The first kappa shape index (κ1) is 15.9. The van der Waals surface area contributed by atoms with Gasteiger partial charge in [-0.25, -0.2) is 0 Å². The number of hydrogen-bond acceptors (Lipinski definition) is 3. The molecular formula is C15H32N2O. The highest BCUT2D eigenvalue weighted by Gasteiger charge is 2.30. The Hall–Kier alpha value is -0.120. The monoisotopic (exact) mass is 256 g/mol. The topological polar surface area (TPSA) is 35.5 Å². The normalized spacial score (nSPS) is 19.3. The van der Waals surface area contributed by atoms with Crippen LogP contribution < -0.4 is 5.32 Å². The molecule has 1 aliphatic heterocycles. The first-order valence-electron chi connectivity index (χ1n) is 7.73. The summed E-state index contributed by atoms with van der Waals surface area (Å²) in [5.41, 5.74) is 0.433. The number of piperidine rings is 1. The van der Waals surface area contributed by atoms with Crippen LogP contribution >= 0.6 is 0 Å². The van der Waals surface area contributed by atoms with Gasteiger partial charge in [0.1, 0.15) is 0 Å². The van der Waals surface area contributed by atoms with Crippen molar-refractivity contribution in [2.45, 2.75) is 46.5 Å². The van der Waals surface area contributed by atoms with Gasteiger partial charge in [-0.05, 0) is 56.7 Å². The van der Waals surface area contributed by atoms with Gasteiger partial charge in [0.25, 0.3) is 0 Å². The molecule has 0 atom stereocenters. The summed E-state index contributed by atoms with van der Waals surface area (Å²) >= 11 is 0. The van der Waals surface area contributed by atoms with Gasteiger partial charge < -0.3 is 15.3 Å². The van der Waals surface area contributed by atoms with E-state index in [0.29, 0.717) is 17.9 Å². The van der Waals surface area contributed by atoms with Crippen molar-refractivity contribution in [2.75, 3.05) is 39.3 Å². The molecule has 1 rings (SSSR count). The van der Waals surface area contributed by atoms with Gasteiger partial charge in [-0.3, -0.25) is 0 Å². The van der Waals surface area contributed by atoms with Crippen LogP contribution in [0.15, 0.2) is 0 Å². The zero-order valence-electron chi connectivity index (χ0n) is 12.5. The summed E-state index contributed by atoms with van der Waals surface area (Å²) in [6.45, 7) is 12.9. The van der Waals surface area contributed by atoms with E-state index in [9.17, 15) is 5.11 Å². The van der Waals surface area contributed by atoms with Crippen LogP contribution in [0.3, 0.4) is 0 Å². The van der Waals surface area contributed by atoms with E-state index in [2.05, 4.69) is 31.0 Å². The molecular weight excluding hydrogens is 224 g/mol. The summed E-state index contributed by atoms with van der Waals surface area (Å²) in [5, 5.41) is 12.7. The third-order valence-electron chi connectivity index (χ3n) is 4.77. The molecule has 0 bridgehead atoms. The summed E-state index contributed by atoms with van der Waals surface area (Å²) < 4.78 is 0. The van der Waals surface area contributed by atoms with Crippen molar-refractivity contribution in [3.8, 4) is 0 Å². The molecule has 0 amide bonds. The molecule has 0 spiro atoms. The number of aliphatic hydroxyl groups excluding tert-OH is 1. The largest absolute Gasteiger partial charge is 0.396 e. The number of aliphatic hydroxyl groups is 1. The predicted octanol–water partition coefficient (Wildman–Crippen LogP) is 2.11. The highest BCUT2D eigenvalue weighted by molar-refractivity contribution is 4.84.